The number of carbonyl (C=O) groups excluding carboxylic acids is 1. The number of anilines is 1. The summed E-state index contributed by atoms with van der Waals surface area (Å²) in [4.78, 5) is 12.1. The Morgan fingerprint density at radius 2 is 2.00 bits per heavy atom. The summed E-state index contributed by atoms with van der Waals surface area (Å²) in [6, 6.07) is 5.40. The molecule has 1 heterocycles. The molecule has 2 aromatic rings. The van der Waals surface area contributed by atoms with Crippen molar-refractivity contribution >= 4 is 22.3 Å². The van der Waals surface area contributed by atoms with Gasteiger partial charge in [0.1, 0.15) is 22.1 Å². The lowest BCUT2D eigenvalue weighted by Gasteiger charge is -2.11. The van der Waals surface area contributed by atoms with E-state index in [2.05, 4.69) is 0 Å². The maximum Gasteiger partial charge on any atom is 0.341 e. The van der Waals surface area contributed by atoms with Crippen LogP contribution in [0.1, 0.15) is 17.3 Å². The minimum atomic E-state index is -0.427. The summed E-state index contributed by atoms with van der Waals surface area (Å²) in [5.41, 5.74) is 7.77. The van der Waals surface area contributed by atoms with Crippen molar-refractivity contribution < 1.29 is 19.0 Å². The van der Waals surface area contributed by atoms with Crippen LogP contribution in [0.2, 0.25) is 0 Å². The molecule has 2 N–H and O–H groups in total. The molecular formula is C15H17NO4S. The van der Waals surface area contributed by atoms with E-state index in [4.69, 9.17) is 19.9 Å². The second-order valence-corrected chi connectivity index (χ2v) is 5.09. The molecule has 1 aromatic carbocycles. The number of hydrogen-bond acceptors (Lipinski definition) is 6. The topological polar surface area (TPSA) is 70.8 Å². The quantitative estimate of drug-likeness (QED) is 0.859. The summed E-state index contributed by atoms with van der Waals surface area (Å²) in [7, 11) is 3.15. The van der Waals surface area contributed by atoms with Gasteiger partial charge in [-0.15, -0.1) is 11.3 Å². The van der Waals surface area contributed by atoms with E-state index in [9.17, 15) is 4.79 Å². The lowest BCUT2D eigenvalue weighted by atomic mass is 10.0. The molecule has 0 fully saturated rings. The van der Waals surface area contributed by atoms with Gasteiger partial charge in [0.05, 0.1) is 20.8 Å². The average Bonchev–Trinajstić information content (AvgIpc) is 2.88. The Hall–Kier alpha value is -2.21. The van der Waals surface area contributed by atoms with Gasteiger partial charge in [0, 0.05) is 22.6 Å². The van der Waals surface area contributed by atoms with E-state index in [-0.39, 0.29) is 0 Å². The predicted octanol–water partition coefficient (Wildman–Crippen LogP) is 3.19. The smallest absolute Gasteiger partial charge is 0.341 e. The zero-order chi connectivity index (χ0) is 15.4. The minimum absolute atomic E-state index is 0.299. The molecule has 1 aromatic heterocycles. The Morgan fingerprint density at radius 1 is 1.24 bits per heavy atom. The average molecular weight is 307 g/mol. The molecule has 2 rings (SSSR count). The molecule has 21 heavy (non-hydrogen) atoms. The molecule has 0 saturated carbocycles. The maximum absolute atomic E-state index is 12.1. The molecule has 6 heteroatoms. The molecular weight excluding hydrogens is 290 g/mol. The highest BCUT2D eigenvalue weighted by Gasteiger charge is 2.22. The van der Waals surface area contributed by atoms with Crippen LogP contribution in [0.4, 0.5) is 5.00 Å². The third-order valence-corrected chi connectivity index (χ3v) is 3.81. The van der Waals surface area contributed by atoms with E-state index in [1.807, 2.05) is 11.4 Å². The largest absolute Gasteiger partial charge is 0.497 e. The molecule has 0 aliphatic heterocycles. The summed E-state index contributed by atoms with van der Waals surface area (Å²) in [5, 5.41) is 2.26. The van der Waals surface area contributed by atoms with Crippen LogP contribution in [0.3, 0.4) is 0 Å². The van der Waals surface area contributed by atoms with Gasteiger partial charge in [0.15, 0.2) is 0 Å². The fourth-order valence-electron chi connectivity index (χ4n) is 2.01. The summed E-state index contributed by atoms with van der Waals surface area (Å²) >= 11 is 1.30. The first kappa shape index (κ1) is 15.2. The number of carbonyl (C=O) groups is 1. The monoisotopic (exact) mass is 307 g/mol. The van der Waals surface area contributed by atoms with Crippen LogP contribution in [-0.4, -0.2) is 26.8 Å². The number of nitrogens with two attached hydrogens (primary N) is 1. The van der Waals surface area contributed by atoms with Crippen LogP contribution >= 0.6 is 11.3 Å². The summed E-state index contributed by atoms with van der Waals surface area (Å²) in [6.07, 6.45) is 0. The first-order valence-corrected chi connectivity index (χ1v) is 7.26. The van der Waals surface area contributed by atoms with Gasteiger partial charge in [-0.1, -0.05) is 0 Å². The van der Waals surface area contributed by atoms with E-state index in [0.29, 0.717) is 34.2 Å². The minimum Gasteiger partial charge on any atom is -0.497 e. The molecule has 0 aliphatic rings. The van der Waals surface area contributed by atoms with Gasteiger partial charge in [0.2, 0.25) is 0 Å². The number of methoxy groups -OCH3 is 2. The van der Waals surface area contributed by atoms with Crippen molar-refractivity contribution in [3.05, 3.63) is 29.1 Å². The van der Waals surface area contributed by atoms with Gasteiger partial charge >= 0.3 is 5.97 Å². The highest BCUT2D eigenvalue weighted by Crippen LogP contribution is 2.40. The van der Waals surface area contributed by atoms with Crippen LogP contribution in [0.25, 0.3) is 11.1 Å². The van der Waals surface area contributed by atoms with Gasteiger partial charge in [0.25, 0.3) is 0 Å². The van der Waals surface area contributed by atoms with Crippen LogP contribution in [0, 0.1) is 0 Å². The van der Waals surface area contributed by atoms with Crippen LogP contribution in [0.15, 0.2) is 23.6 Å². The molecule has 0 saturated heterocycles. The number of thiophene rings is 1. The predicted molar refractivity (Wildman–Crippen MR) is 83.2 cm³/mol. The second-order valence-electron chi connectivity index (χ2n) is 4.18. The lowest BCUT2D eigenvalue weighted by Crippen LogP contribution is -2.07. The highest BCUT2D eigenvalue weighted by molar-refractivity contribution is 7.15. The van der Waals surface area contributed by atoms with Crippen molar-refractivity contribution in [1.29, 1.82) is 0 Å². The Labute approximate surface area is 127 Å². The first-order chi connectivity index (χ1) is 10.1. The number of rotatable bonds is 5. The van der Waals surface area contributed by atoms with Crippen molar-refractivity contribution in [2.75, 3.05) is 26.6 Å². The number of benzene rings is 1. The standard InChI is InChI=1S/C15H17NO4S/c1-4-20-15(17)13-11(8-21-14(13)16)10-6-5-9(18-2)7-12(10)19-3/h5-8H,4,16H2,1-3H3. The van der Waals surface area contributed by atoms with Crippen molar-refractivity contribution in [2.45, 2.75) is 6.92 Å². The van der Waals surface area contributed by atoms with Gasteiger partial charge in [-0.25, -0.2) is 4.79 Å². The number of ether oxygens (including phenoxy) is 3. The Balaban J connectivity index is 2.55. The SMILES string of the molecule is CCOC(=O)c1c(-c2ccc(OC)cc2OC)csc1N. The number of nitrogen functional groups attached to an aromatic ring is 1. The van der Waals surface area contributed by atoms with Gasteiger partial charge in [-0.2, -0.15) is 0 Å². The molecule has 112 valence electrons. The van der Waals surface area contributed by atoms with E-state index < -0.39 is 5.97 Å². The molecule has 0 unspecified atom stereocenters. The lowest BCUT2D eigenvalue weighted by molar-refractivity contribution is 0.0529. The van der Waals surface area contributed by atoms with E-state index >= 15 is 0 Å². The van der Waals surface area contributed by atoms with Crippen molar-refractivity contribution in [2.24, 2.45) is 0 Å². The van der Waals surface area contributed by atoms with E-state index in [1.165, 1.54) is 11.3 Å². The van der Waals surface area contributed by atoms with Crippen molar-refractivity contribution in [1.82, 2.24) is 0 Å². The number of hydrogen-bond donors (Lipinski definition) is 1. The molecule has 0 atom stereocenters. The normalized spacial score (nSPS) is 10.2. The van der Waals surface area contributed by atoms with Gasteiger partial charge < -0.3 is 19.9 Å². The van der Waals surface area contributed by atoms with E-state index in [1.54, 1.807) is 33.3 Å². The fourth-order valence-corrected chi connectivity index (χ4v) is 2.81. The Kier molecular flexibility index (Phi) is 4.70. The zero-order valence-electron chi connectivity index (χ0n) is 12.1. The fraction of sp³-hybridized carbons (Fsp3) is 0.267. The molecule has 0 radical (unpaired) electrons. The van der Waals surface area contributed by atoms with Crippen LogP contribution in [0.5, 0.6) is 11.5 Å². The molecule has 0 bridgehead atoms. The van der Waals surface area contributed by atoms with E-state index in [0.717, 1.165) is 5.56 Å². The summed E-state index contributed by atoms with van der Waals surface area (Å²) in [6.45, 7) is 2.06. The third-order valence-electron chi connectivity index (χ3n) is 3.00. The Bertz CT molecular complexity index is 651. The zero-order valence-corrected chi connectivity index (χ0v) is 13.0. The van der Waals surface area contributed by atoms with Gasteiger partial charge in [-0.05, 0) is 19.1 Å². The molecule has 0 aliphatic carbocycles. The molecule has 0 spiro atoms. The van der Waals surface area contributed by atoms with Crippen LogP contribution in [-0.2, 0) is 4.74 Å². The highest BCUT2D eigenvalue weighted by atomic mass is 32.1. The third kappa shape index (κ3) is 2.95. The van der Waals surface area contributed by atoms with Crippen molar-refractivity contribution in [3.8, 4) is 22.6 Å². The number of esters is 1. The second kappa shape index (κ2) is 6.49. The first-order valence-electron chi connectivity index (χ1n) is 6.38. The summed E-state index contributed by atoms with van der Waals surface area (Å²) in [5.74, 6) is 0.860. The van der Waals surface area contributed by atoms with Gasteiger partial charge in [-0.3, -0.25) is 0 Å². The summed E-state index contributed by atoms with van der Waals surface area (Å²) < 4.78 is 15.6. The maximum atomic E-state index is 12.1. The molecule has 0 amide bonds. The van der Waals surface area contributed by atoms with Crippen molar-refractivity contribution in [3.63, 3.8) is 0 Å². The van der Waals surface area contributed by atoms with Crippen LogP contribution < -0.4 is 15.2 Å². The Morgan fingerprint density at radius 3 is 2.62 bits per heavy atom. The molecule has 5 nitrogen and oxygen atoms in total.